The van der Waals surface area contributed by atoms with Crippen LogP contribution >= 0.6 is 0 Å². The molecule has 0 amide bonds. The predicted octanol–water partition coefficient (Wildman–Crippen LogP) is 14.2. The van der Waals surface area contributed by atoms with Crippen LogP contribution in [0.5, 0.6) is 35.1 Å². The third kappa shape index (κ3) is 6.61. The Labute approximate surface area is 322 Å². The van der Waals surface area contributed by atoms with Gasteiger partial charge >= 0.3 is 0 Å². The molecule has 272 valence electrons. The van der Waals surface area contributed by atoms with Gasteiger partial charge in [-0.25, -0.2) is 0 Å². The van der Waals surface area contributed by atoms with Crippen LogP contribution in [0.4, 0.5) is 0 Å². The minimum absolute atomic E-state index is 0.469. The van der Waals surface area contributed by atoms with Crippen LogP contribution in [0.15, 0.2) is 155 Å². The van der Waals surface area contributed by atoms with E-state index in [0.29, 0.717) is 17.8 Å². The number of hydrogen-bond donors (Lipinski definition) is 0. The highest BCUT2D eigenvalue weighted by atomic mass is 32.2. The highest BCUT2D eigenvalue weighted by molar-refractivity contribution is 7.97. The van der Waals surface area contributed by atoms with Gasteiger partial charge in [-0.2, -0.15) is 0 Å². The number of hydrogen-bond acceptors (Lipinski definition) is 6. The molecule has 0 bridgehead atoms. The van der Waals surface area contributed by atoms with Crippen molar-refractivity contribution in [1.29, 1.82) is 0 Å². The van der Waals surface area contributed by atoms with Crippen LogP contribution in [0, 0.1) is 41.5 Å². The maximum absolute atomic E-state index is 6.42. The van der Waals surface area contributed by atoms with Gasteiger partial charge in [0.1, 0.15) is 34.0 Å². The highest BCUT2D eigenvalue weighted by Crippen LogP contribution is 2.43. The molecule has 0 N–H and O–H groups in total. The first-order valence-corrected chi connectivity index (χ1v) is 19.5. The third-order valence-corrected chi connectivity index (χ3v) is 11.9. The fourth-order valence-electron chi connectivity index (χ4n) is 7.30. The summed E-state index contributed by atoms with van der Waals surface area (Å²) in [6.07, 6.45) is 0. The number of fused-ring (bicyclic) bond motifs is 3. The first-order valence-electron chi connectivity index (χ1n) is 18.2. The van der Waals surface area contributed by atoms with Crippen molar-refractivity contribution in [3.05, 3.63) is 161 Å². The molecule has 6 aromatic carbocycles. The fraction of sp³-hybridized carbons (Fsp3) is 0.125. The zero-order valence-electron chi connectivity index (χ0n) is 31.5. The molecule has 0 aliphatic carbocycles. The SMILES string of the molecule is Cc1cc([S+](c2cc(C)c(Oc3cc4ccccc4o3)c(C)c2)c2cc(C)c(Oc3cc4ccccc4o3)c(C)c2)cc(C)c1Oc1cc2ccccc2o1. The van der Waals surface area contributed by atoms with Crippen LogP contribution in [0.1, 0.15) is 33.4 Å². The standard InChI is InChI=1S/C48H39O6S/c1-28-19-37(20-29(2)46(28)52-43-25-34-13-7-10-16-40(34)49-43)55(38-21-30(3)47(31(4)22-38)53-44-26-35-14-8-11-17-41(35)50-44)39-23-32(5)48(33(6)24-39)54-45-27-36-15-9-12-18-42(36)51-45/h7-27H,1-6H3/q+1. The average molecular weight is 744 g/mol. The number of para-hydroxylation sites is 3. The smallest absolute Gasteiger partial charge is 0.291 e. The Hall–Kier alpha value is -6.31. The van der Waals surface area contributed by atoms with Gasteiger partial charge in [-0.15, -0.1) is 0 Å². The van der Waals surface area contributed by atoms with Crippen LogP contribution in [0.2, 0.25) is 0 Å². The summed E-state index contributed by atoms with van der Waals surface area (Å²) in [5.74, 6) is 3.77. The normalized spacial score (nSPS) is 11.6. The topological polar surface area (TPSA) is 67.1 Å². The van der Waals surface area contributed by atoms with E-state index in [1.165, 1.54) is 14.7 Å². The summed E-state index contributed by atoms with van der Waals surface area (Å²) in [4.78, 5) is 3.50. The Morgan fingerprint density at radius 2 is 0.600 bits per heavy atom. The van der Waals surface area contributed by atoms with Crippen molar-refractivity contribution in [2.75, 3.05) is 0 Å². The maximum Gasteiger partial charge on any atom is 0.291 e. The quantitative estimate of drug-likeness (QED) is 0.137. The van der Waals surface area contributed by atoms with E-state index in [0.717, 1.165) is 83.5 Å². The molecule has 9 aromatic rings. The Balaban J connectivity index is 1.12. The molecule has 3 heterocycles. The lowest BCUT2D eigenvalue weighted by atomic mass is 10.1. The summed E-state index contributed by atoms with van der Waals surface area (Å²) in [5.41, 5.74) is 8.49. The molecule has 0 saturated carbocycles. The molecule has 6 nitrogen and oxygen atoms in total. The Morgan fingerprint density at radius 3 is 0.855 bits per heavy atom. The number of ether oxygens (including phenoxy) is 3. The lowest BCUT2D eigenvalue weighted by Crippen LogP contribution is -2.09. The number of rotatable bonds is 9. The van der Waals surface area contributed by atoms with E-state index >= 15 is 0 Å². The van der Waals surface area contributed by atoms with E-state index in [4.69, 9.17) is 27.5 Å². The van der Waals surface area contributed by atoms with E-state index in [9.17, 15) is 0 Å². The van der Waals surface area contributed by atoms with Gasteiger partial charge in [0, 0.05) is 70.8 Å². The second kappa shape index (κ2) is 13.8. The Bertz CT molecular complexity index is 2410. The number of furan rings is 3. The second-order valence-corrected chi connectivity index (χ2v) is 16.1. The van der Waals surface area contributed by atoms with Crippen molar-refractivity contribution in [1.82, 2.24) is 0 Å². The van der Waals surface area contributed by atoms with Crippen molar-refractivity contribution < 1.29 is 27.5 Å². The molecule has 0 unspecified atom stereocenters. The molecule has 55 heavy (non-hydrogen) atoms. The van der Waals surface area contributed by atoms with Crippen molar-refractivity contribution in [3.63, 3.8) is 0 Å². The van der Waals surface area contributed by atoms with E-state index in [1.807, 2.05) is 91.0 Å². The zero-order chi connectivity index (χ0) is 37.8. The molecule has 0 spiro atoms. The molecule has 0 aliphatic rings. The van der Waals surface area contributed by atoms with Gasteiger partial charge in [0.25, 0.3) is 17.8 Å². The minimum atomic E-state index is -0.515. The third-order valence-electron chi connectivity index (χ3n) is 9.83. The molecular weight excluding hydrogens is 705 g/mol. The van der Waals surface area contributed by atoms with Crippen molar-refractivity contribution >= 4 is 43.8 Å². The molecule has 0 aliphatic heterocycles. The molecule has 7 heteroatoms. The van der Waals surface area contributed by atoms with Crippen molar-refractivity contribution in [2.24, 2.45) is 0 Å². The number of aryl methyl sites for hydroxylation is 6. The van der Waals surface area contributed by atoms with Gasteiger partial charge in [-0.05, 0) is 93.1 Å². The summed E-state index contributed by atoms with van der Waals surface area (Å²) in [6.45, 7) is 12.6. The lowest BCUT2D eigenvalue weighted by molar-refractivity contribution is 0.356. The molecule has 0 atom stereocenters. The molecule has 3 aromatic heterocycles. The van der Waals surface area contributed by atoms with E-state index in [-0.39, 0.29) is 0 Å². The van der Waals surface area contributed by atoms with E-state index < -0.39 is 10.9 Å². The monoisotopic (exact) mass is 743 g/mol. The average Bonchev–Trinajstić information content (AvgIpc) is 3.89. The Morgan fingerprint density at radius 1 is 0.345 bits per heavy atom. The molecule has 9 rings (SSSR count). The van der Waals surface area contributed by atoms with Crippen LogP contribution in [0.25, 0.3) is 32.9 Å². The first-order chi connectivity index (χ1) is 26.7. The van der Waals surface area contributed by atoms with Gasteiger partial charge in [0.2, 0.25) is 0 Å². The summed E-state index contributed by atoms with van der Waals surface area (Å²) in [6, 6.07) is 43.0. The predicted molar refractivity (Wildman–Crippen MR) is 219 cm³/mol. The van der Waals surface area contributed by atoms with E-state index in [2.05, 4.69) is 77.9 Å². The summed E-state index contributed by atoms with van der Waals surface area (Å²) in [7, 11) is -0.515. The van der Waals surface area contributed by atoms with Crippen LogP contribution in [-0.2, 0) is 10.9 Å². The van der Waals surface area contributed by atoms with Crippen molar-refractivity contribution in [2.45, 2.75) is 56.2 Å². The van der Waals surface area contributed by atoms with Crippen molar-refractivity contribution in [3.8, 4) is 35.1 Å². The summed E-state index contributed by atoms with van der Waals surface area (Å²) < 4.78 is 37.4. The molecular formula is C48H39O6S+. The summed E-state index contributed by atoms with van der Waals surface area (Å²) in [5, 5.41) is 3.01. The highest BCUT2D eigenvalue weighted by Gasteiger charge is 2.33. The van der Waals surface area contributed by atoms with E-state index in [1.54, 1.807) is 0 Å². The second-order valence-electron chi connectivity index (χ2n) is 14.1. The van der Waals surface area contributed by atoms with Crippen LogP contribution in [0.3, 0.4) is 0 Å². The lowest BCUT2D eigenvalue weighted by Gasteiger charge is -2.17. The van der Waals surface area contributed by atoms with Crippen LogP contribution < -0.4 is 14.2 Å². The minimum Gasteiger partial charge on any atom is -0.425 e. The molecule has 0 radical (unpaired) electrons. The largest absolute Gasteiger partial charge is 0.425 e. The van der Waals surface area contributed by atoms with Crippen LogP contribution in [-0.4, -0.2) is 0 Å². The van der Waals surface area contributed by atoms with Gasteiger partial charge in [-0.3, -0.25) is 0 Å². The van der Waals surface area contributed by atoms with Gasteiger partial charge < -0.3 is 27.5 Å². The summed E-state index contributed by atoms with van der Waals surface area (Å²) >= 11 is 0. The Kier molecular flexibility index (Phi) is 8.67. The fourth-order valence-corrected chi connectivity index (χ4v) is 9.89. The molecule has 0 fully saturated rings. The van der Waals surface area contributed by atoms with Gasteiger partial charge in [0.15, 0.2) is 14.7 Å². The van der Waals surface area contributed by atoms with Gasteiger partial charge in [-0.1, -0.05) is 54.6 Å². The van der Waals surface area contributed by atoms with Gasteiger partial charge in [0.05, 0.1) is 10.9 Å². The maximum atomic E-state index is 6.42. The first kappa shape index (κ1) is 34.5. The zero-order valence-corrected chi connectivity index (χ0v) is 32.3. The number of benzene rings is 6. The molecule has 0 saturated heterocycles.